The standard InChI is InChI=1S/C21H20ClN3O2/c1-15-19(23-20(27-15)16-7-3-2-4-8-16)21(26)25-13-11-24(12-14-25)18-10-6-5-9-17(18)22/h2-10H,11-14H2,1H3. The van der Waals surface area contributed by atoms with Gasteiger partial charge in [-0.25, -0.2) is 4.98 Å². The third-order valence-corrected chi connectivity index (χ3v) is 5.10. The molecule has 4 rings (SSSR count). The topological polar surface area (TPSA) is 49.6 Å². The fraction of sp³-hybridized carbons (Fsp3) is 0.238. The molecule has 0 atom stereocenters. The van der Waals surface area contributed by atoms with Gasteiger partial charge in [-0.1, -0.05) is 41.9 Å². The van der Waals surface area contributed by atoms with Gasteiger partial charge < -0.3 is 14.2 Å². The molecule has 0 unspecified atom stereocenters. The Bertz CT molecular complexity index is 947. The van der Waals surface area contributed by atoms with E-state index in [9.17, 15) is 4.79 Å². The van der Waals surface area contributed by atoms with E-state index in [1.54, 1.807) is 6.92 Å². The first-order valence-corrected chi connectivity index (χ1v) is 9.33. The average Bonchev–Trinajstić information content (AvgIpc) is 3.10. The van der Waals surface area contributed by atoms with E-state index in [2.05, 4.69) is 9.88 Å². The quantitative estimate of drug-likeness (QED) is 0.680. The van der Waals surface area contributed by atoms with Crippen molar-refractivity contribution >= 4 is 23.2 Å². The van der Waals surface area contributed by atoms with Crippen LogP contribution in [0.15, 0.2) is 59.0 Å². The normalized spacial score (nSPS) is 14.4. The maximum atomic E-state index is 12.9. The van der Waals surface area contributed by atoms with Gasteiger partial charge >= 0.3 is 0 Å². The second kappa shape index (κ2) is 7.45. The summed E-state index contributed by atoms with van der Waals surface area (Å²) < 4.78 is 5.73. The maximum Gasteiger partial charge on any atom is 0.276 e. The minimum absolute atomic E-state index is 0.0859. The lowest BCUT2D eigenvalue weighted by Crippen LogP contribution is -2.49. The molecule has 1 amide bonds. The Morgan fingerprint density at radius 1 is 1.00 bits per heavy atom. The number of carbonyl (C=O) groups is 1. The minimum Gasteiger partial charge on any atom is -0.441 e. The van der Waals surface area contributed by atoms with E-state index in [4.69, 9.17) is 16.0 Å². The number of hydrogen-bond donors (Lipinski definition) is 0. The van der Waals surface area contributed by atoms with Crippen LogP contribution in [0.2, 0.25) is 5.02 Å². The van der Waals surface area contributed by atoms with Gasteiger partial charge in [-0.15, -0.1) is 0 Å². The zero-order chi connectivity index (χ0) is 18.8. The second-order valence-corrected chi connectivity index (χ2v) is 6.93. The van der Waals surface area contributed by atoms with Gasteiger partial charge in [-0.3, -0.25) is 4.79 Å². The Morgan fingerprint density at radius 3 is 2.37 bits per heavy atom. The minimum atomic E-state index is -0.0859. The van der Waals surface area contributed by atoms with Gasteiger partial charge in [-0.05, 0) is 31.2 Å². The van der Waals surface area contributed by atoms with Crippen LogP contribution in [0.5, 0.6) is 0 Å². The van der Waals surface area contributed by atoms with Gasteiger partial charge in [0.05, 0.1) is 10.7 Å². The molecule has 0 aliphatic carbocycles. The molecule has 138 valence electrons. The predicted molar refractivity (Wildman–Crippen MR) is 106 cm³/mol. The van der Waals surface area contributed by atoms with Crippen molar-refractivity contribution in [1.29, 1.82) is 0 Å². The summed E-state index contributed by atoms with van der Waals surface area (Å²) in [5.74, 6) is 0.941. The highest BCUT2D eigenvalue weighted by Crippen LogP contribution is 2.27. The van der Waals surface area contributed by atoms with E-state index in [1.165, 1.54) is 0 Å². The highest BCUT2D eigenvalue weighted by molar-refractivity contribution is 6.33. The molecule has 3 aromatic rings. The highest BCUT2D eigenvalue weighted by Gasteiger charge is 2.27. The van der Waals surface area contributed by atoms with Crippen LogP contribution in [0.4, 0.5) is 5.69 Å². The van der Waals surface area contributed by atoms with Crippen LogP contribution in [-0.2, 0) is 0 Å². The number of benzene rings is 2. The molecule has 2 aromatic carbocycles. The first-order valence-electron chi connectivity index (χ1n) is 8.95. The molecular weight excluding hydrogens is 362 g/mol. The van der Waals surface area contributed by atoms with Crippen molar-refractivity contribution in [2.75, 3.05) is 31.1 Å². The zero-order valence-electron chi connectivity index (χ0n) is 15.1. The summed E-state index contributed by atoms with van der Waals surface area (Å²) >= 11 is 6.29. The number of aromatic nitrogens is 1. The summed E-state index contributed by atoms with van der Waals surface area (Å²) in [6.07, 6.45) is 0. The highest BCUT2D eigenvalue weighted by atomic mass is 35.5. The molecule has 1 aromatic heterocycles. The number of hydrogen-bond acceptors (Lipinski definition) is 4. The molecule has 0 radical (unpaired) electrons. The molecule has 1 fully saturated rings. The fourth-order valence-electron chi connectivity index (χ4n) is 3.31. The lowest BCUT2D eigenvalue weighted by Gasteiger charge is -2.36. The smallest absolute Gasteiger partial charge is 0.276 e. The number of nitrogens with zero attached hydrogens (tertiary/aromatic N) is 3. The lowest BCUT2D eigenvalue weighted by atomic mass is 10.2. The Kier molecular flexibility index (Phi) is 4.86. The van der Waals surface area contributed by atoms with Crippen molar-refractivity contribution in [3.63, 3.8) is 0 Å². The Hall–Kier alpha value is -2.79. The van der Waals surface area contributed by atoms with Crippen molar-refractivity contribution in [1.82, 2.24) is 9.88 Å². The molecule has 0 bridgehead atoms. The van der Waals surface area contributed by atoms with Gasteiger partial charge in [0.25, 0.3) is 5.91 Å². The fourth-order valence-corrected chi connectivity index (χ4v) is 3.56. The number of oxazole rings is 1. The van der Waals surface area contributed by atoms with E-state index in [-0.39, 0.29) is 5.91 Å². The number of amides is 1. The summed E-state index contributed by atoms with van der Waals surface area (Å²) in [4.78, 5) is 21.4. The molecule has 2 heterocycles. The molecule has 6 heteroatoms. The molecule has 1 aliphatic rings. The third-order valence-electron chi connectivity index (χ3n) is 4.78. The average molecular weight is 382 g/mol. The zero-order valence-corrected chi connectivity index (χ0v) is 15.8. The molecule has 0 N–H and O–H groups in total. The summed E-state index contributed by atoms with van der Waals surface area (Å²) in [5, 5.41) is 0.733. The monoisotopic (exact) mass is 381 g/mol. The lowest BCUT2D eigenvalue weighted by molar-refractivity contribution is 0.0740. The Labute approximate surface area is 163 Å². The largest absolute Gasteiger partial charge is 0.441 e. The Balaban J connectivity index is 1.47. The van der Waals surface area contributed by atoms with Crippen LogP contribution in [0, 0.1) is 6.92 Å². The molecule has 1 aliphatic heterocycles. The van der Waals surface area contributed by atoms with Gasteiger partial charge in [0.1, 0.15) is 5.76 Å². The van der Waals surface area contributed by atoms with Crippen molar-refractivity contribution < 1.29 is 9.21 Å². The Morgan fingerprint density at radius 2 is 1.67 bits per heavy atom. The van der Waals surface area contributed by atoms with Gasteiger partial charge in [0, 0.05) is 31.7 Å². The van der Waals surface area contributed by atoms with E-state index in [1.807, 2.05) is 59.5 Å². The van der Waals surface area contributed by atoms with E-state index < -0.39 is 0 Å². The number of aryl methyl sites for hydroxylation is 1. The summed E-state index contributed by atoms with van der Waals surface area (Å²) in [7, 11) is 0. The summed E-state index contributed by atoms with van der Waals surface area (Å²) in [6.45, 7) is 4.50. The van der Waals surface area contributed by atoms with Crippen molar-refractivity contribution in [2.45, 2.75) is 6.92 Å². The summed E-state index contributed by atoms with van der Waals surface area (Å²) in [5.41, 5.74) is 2.26. The number of carbonyl (C=O) groups excluding carboxylic acids is 1. The third kappa shape index (κ3) is 3.55. The molecule has 0 spiro atoms. The van der Waals surface area contributed by atoms with Gasteiger partial charge in [0.2, 0.25) is 5.89 Å². The first-order chi connectivity index (χ1) is 13.1. The number of rotatable bonds is 3. The van der Waals surface area contributed by atoms with E-state index in [0.29, 0.717) is 30.4 Å². The number of halogens is 1. The van der Waals surface area contributed by atoms with E-state index >= 15 is 0 Å². The van der Waals surface area contributed by atoms with Crippen molar-refractivity contribution in [2.24, 2.45) is 0 Å². The number of piperazine rings is 1. The maximum absolute atomic E-state index is 12.9. The van der Waals surface area contributed by atoms with Crippen LogP contribution in [0.25, 0.3) is 11.5 Å². The second-order valence-electron chi connectivity index (χ2n) is 6.52. The van der Waals surface area contributed by atoms with Gasteiger partial charge in [-0.2, -0.15) is 0 Å². The van der Waals surface area contributed by atoms with Crippen LogP contribution in [0.3, 0.4) is 0 Å². The van der Waals surface area contributed by atoms with Crippen LogP contribution in [0.1, 0.15) is 16.2 Å². The van der Waals surface area contributed by atoms with Crippen LogP contribution in [-0.4, -0.2) is 42.0 Å². The molecule has 1 saturated heterocycles. The first kappa shape index (κ1) is 17.6. The van der Waals surface area contributed by atoms with Crippen LogP contribution >= 0.6 is 11.6 Å². The van der Waals surface area contributed by atoms with E-state index in [0.717, 1.165) is 29.4 Å². The molecule has 0 saturated carbocycles. The SMILES string of the molecule is Cc1oc(-c2ccccc2)nc1C(=O)N1CCN(c2ccccc2Cl)CC1. The summed E-state index contributed by atoms with van der Waals surface area (Å²) in [6, 6.07) is 17.4. The van der Waals surface area contributed by atoms with Crippen molar-refractivity contribution in [3.05, 3.63) is 71.1 Å². The number of anilines is 1. The van der Waals surface area contributed by atoms with Crippen LogP contribution < -0.4 is 4.90 Å². The van der Waals surface area contributed by atoms with Crippen molar-refractivity contribution in [3.8, 4) is 11.5 Å². The molecule has 27 heavy (non-hydrogen) atoms. The van der Waals surface area contributed by atoms with Gasteiger partial charge in [0.15, 0.2) is 5.69 Å². The molecular formula is C21H20ClN3O2. The number of para-hydroxylation sites is 1. The molecule has 5 nitrogen and oxygen atoms in total. The predicted octanol–water partition coefficient (Wildman–Crippen LogP) is 4.27.